The highest BCUT2D eigenvalue weighted by atomic mass is 32.2. The molecule has 4 aromatic carbocycles. The van der Waals surface area contributed by atoms with Crippen LogP contribution < -0.4 is 9.46 Å². The summed E-state index contributed by atoms with van der Waals surface area (Å²) in [7, 11) is -3.62. The first kappa shape index (κ1) is 26.7. The molecular weight excluding hydrogens is 510 g/mol. The number of hydrogen-bond donors (Lipinski definition) is 2. The van der Waals surface area contributed by atoms with Crippen LogP contribution in [0, 0.1) is 6.92 Å². The summed E-state index contributed by atoms with van der Waals surface area (Å²) in [4.78, 5) is 11.2. The van der Waals surface area contributed by atoms with Crippen LogP contribution in [0.4, 0.5) is 0 Å². The molecule has 1 aliphatic carbocycles. The van der Waals surface area contributed by atoms with E-state index in [-0.39, 0.29) is 13.0 Å². The lowest BCUT2D eigenvalue weighted by Gasteiger charge is -2.19. The van der Waals surface area contributed by atoms with Gasteiger partial charge in [0.25, 0.3) is 0 Å². The molecular formula is C32H31NO5S. The van der Waals surface area contributed by atoms with Gasteiger partial charge in [0.1, 0.15) is 16.2 Å². The number of hydrogen-bond acceptors (Lipinski definition) is 4. The van der Waals surface area contributed by atoms with Crippen LogP contribution >= 0.6 is 0 Å². The van der Waals surface area contributed by atoms with E-state index in [2.05, 4.69) is 4.72 Å². The minimum atomic E-state index is -3.62. The van der Waals surface area contributed by atoms with Crippen molar-refractivity contribution in [3.63, 3.8) is 0 Å². The van der Waals surface area contributed by atoms with E-state index in [0.29, 0.717) is 24.8 Å². The van der Waals surface area contributed by atoms with E-state index >= 15 is 0 Å². The fraction of sp³-hybridized carbons (Fsp3) is 0.219. The van der Waals surface area contributed by atoms with E-state index in [4.69, 9.17) is 9.84 Å². The summed E-state index contributed by atoms with van der Waals surface area (Å²) >= 11 is 0. The quantitative estimate of drug-likeness (QED) is 0.235. The number of sulfonamides is 1. The molecule has 200 valence electrons. The zero-order chi connectivity index (χ0) is 27.5. The molecule has 0 radical (unpaired) electrons. The maximum atomic E-state index is 13.4. The molecule has 5 rings (SSSR count). The Morgan fingerprint density at radius 3 is 2.15 bits per heavy atom. The van der Waals surface area contributed by atoms with Crippen LogP contribution in [-0.2, 0) is 32.4 Å². The monoisotopic (exact) mass is 541 g/mol. The Morgan fingerprint density at radius 1 is 0.872 bits per heavy atom. The van der Waals surface area contributed by atoms with Crippen LogP contribution in [0.25, 0.3) is 11.1 Å². The normalized spacial score (nSPS) is 14.1. The van der Waals surface area contributed by atoms with Gasteiger partial charge in [0, 0.05) is 6.54 Å². The molecule has 0 aromatic heterocycles. The maximum absolute atomic E-state index is 13.4. The Morgan fingerprint density at radius 2 is 1.51 bits per heavy atom. The molecule has 1 saturated carbocycles. The summed E-state index contributed by atoms with van der Waals surface area (Å²) in [6.07, 6.45) is 1.49. The van der Waals surface area contributed by atoms with Crippen molar-refractivity contribution in [1.29, 1.82) is 0 Å². The van der Waals surface area contributed by atoms with E-state index in [1.165, 1.54) is 0 Å². The van der Waals surface area contributed by atoms with Crippen LogP contribution in [0.1, 0.15) is 35.1 Å². The van der Waals surface area contributed by atoms with E-state index in [9.17, 15) is 13.2 Å². The number of carbonyl (C=O) groups is 1. The van der Waals surface area contributed by atoms with Gasteiger partial charge in [-0.25, -0.2) is 13.1 Å². The number of ether oxygens (including phenoxy) is 1. The van der Waals surface area contributed by atoms with E-state index in [0.717, 1.165) is 39.3 Å². The summed E-state index contributed by atoms with van der Waals surface area (Å²) in [5.41, 5.74) is 5.43. The van der Waals surface area contributed by atoms with Gasteiger partial charge in [-0.05, 0) is 83.8 Å². The third-order valence-corrected chi connectivity index (χ3v) is 9.52. The maximum Gasteiger partial charge on any atom is 0.307 e. The second-order valence-corrected chi connectivity index (χ2v) is 12.0. The van der Waals surface area contributed by atoms with Crippen molar-refractivity contribution >= 4 is 16.0 Å². The highest BCUT2D eigenvalue weighted by Crippen LogP contribution is 2.52. The summed E-state index contributed by atoms with van der Waals surface area (Å²) in [6, 6.07) is 30.7. The fourth-order valence-electron chi connectivity index (χ4n) is 5.02. The molecule has 0 atom stereocenters. The van der Waals surface area contributed by atoms with Gasteiger partial charge in [0.05, 0.1) is 6.42 Å². The van der Waals surface area contributed by atoms with Crippen molar-refractivity contribution in [2.75, 3.05) is 6.54 Å². The number of nitrogens with one attached hydrogen (secondary N) is 1. The average molecular weight is 542 g/mol. The van der Waals surface area contributed by atoms with Gasteiger partial charge in [0.15, 0.2) is 0 Å². The first-order valence-corrected chi connectivity index (χ1v) is 14.5. The summed E-state index contributed by atoms with van der Waals surface area (Å²) in [5, 5.41) is 9.15. The van der Waals surface area contributed by atoms with Crippen molar-refractivity contribution in [3.8, 4) is 22.6 Å². The predicted octanol–water partition coefficient (Wildman–Crippen LogP) is 6.23. The Bertz CT molecular complexity index is 1580. The van der Waals surface area contributed by atoms with Crippen LogP contribution in [-0.4, -0.2) is 26.0 Å². The predicted molar refractivity (Wildman–Crippen MR) is 152 cm³/mol. The van der Waals surface area contributed by atoms with Crippen molar-refractivity contribution in [2.24, 2.45) is 0 Å². The largest absolute Gasteiger partial charge is 0.481 e. The molecule has 0 saturated heterocycles. The van der Waals surface area contributed by atoms with Crippen LogP contribution in [0.3, 0.4) is 0 Å². The van der Waals surface area contributed by atoms with E-state index < -0.39 is 20.7 Å². The molecule has 0 heterocycles. The molecule has 0 amide bonds. The van der Waals surface area contributed by atoms with Gasteiger partial charge in [-0.1, -0.05) is 72.8 Å². The lowest BCUT2D eigenvalue weighted by Crippen LogP contribution is -2.35. The molecule has 0 aliphatic heterocycles. The highest BCUT2D eigenvalue weighted by Gasteiger charge is 2.55. The van der Waals surface area contributed by atoms with Gasteiger partial charge < -0.3 is 9.84 Å². The third-order valence-electron chi connectivity index (χ3n) is 7.26. The SMILES string of the molecule is Cc1cc(C2(S(=O)(=O)NCCc3ccccc3CC(=O)O)CC2)ccc1-c1ccc(Oc2ccccc2)cc1. The Balaban J connectivity index is 1.27. The number of carboxylic acid groups (broad SMARTS) is 1. The van der Waals surface area contributed by atoms with Crippen molar-refractivity contribution in [1.82, 2.24) is 4.72 Å². The zero-order valence-corrected chi connectivity index (χ0v) is 22.6. The molecule has 7 heteroatoms. The lowest BCUT2D eigenvalue weighted by molar-refractivity contribution is -0.136. The number of aryl methyl sites for hydroxylation is 1. The van der Waals surface area contributed by atoms with Gasteiger partial charge in [-0.15, -0.1) is 0 Å². The van der Waals surface area contributed by atoms with Crippen LogP contribution in [0.15, 0.2) is 97.1 Å². The Kier molecular flexibility index (Phi) is 7.55. The van der Waals surface area contributed by atoms with Crippen LogP contribution in [0.2, 0.25) is 0 Å². The van der Waals surface area contributed by atoms with Crippen LogP contribution in [0.5, 0.6) is 11.5 Å². The second-order valence-electron chi connectivity index (χ2n) is 9.95. The van der Waals surface area contributed by atoms with Crippen molar-refractivity contribution < 1.29 is 23.1 Å². The second kappa shape index (κ2) is 11.0. The minimum absolute atomic E-state index is 0.0821. The van der Waals surface area contributed by atoms with E-state index in [1.54, 1.807) is 12.1 Å². The fourth-order valence-corrected chi connectivity index (χ4v) is 6.74. The first-order valence-electron chi connectivity index (χ1n) is 13.0. The first-order chi connectivity index (χ1) is 18.8. The molecule has 39 heavy (non-hydrogen) atoms. The Hall–Kier alpha value is -3.94. The van der Waals surface area contributed by atoms with Gasteiger partial charge >= 0.3 is 5.97 Å². The number of rotatable bonds is 11. The molecule has 1 fully saturated rings. The van der Waals surface area contributed by atoms with E-state index in [1.807, 2.05) is 91.9 Å². The topological polar surface area (TPSA) is 92.7 Å². The Labute approximate surface area is 229 Å². The standard InChI is InChI=1S/C32H31NO5S/c1-23-21-27(13-16-30(23)25-11-14-29(15-12-25)38-28-9-3-2-4-10-28)32(18-19-32)39(36,37)33-20-17-24-7-5-6-8-26(24)22-31(34)35/h2-16,21,33H,17-20,22H2,1H3,(H,34,35). The van der Waals surface area contributed by atoms with Crippen molar-refractivity contribution in [2.45, 2.75) is 37.4 Å². The third kappa shape index (κ3) is 5.90. The molecule has 2 N–H and O–H groups in total. The molecule has 0 bridgehead atoms. The lowest BCUT2D eigenvalue weighted by atomic mass is 9.97. The number of aliphatic carboxylic acids is 1. The molecule has 0 unspecified atom stereocenters. The highest BCUT2D eigenvalue weighted by molar-refractivity contribution is 7.90. The molecule has 6 nitrogen and oxygen atoms in total. The van der Waals surface area contributed by atoms with Gasteiger partial charge in [-0.2, -0.15) is 0 Å². The number of carboxylic acids is 1. The molecule has 0 spiro atoms. The minimum Gasteiger partial charge on any atom is -0.481 e. The van der Waals surface area contributed by atoms with Gasteiger partial charge in [0.2, 0.25) is 10.0 Å². The summed E-state index contributed by atoms with van der Waals surface area (Å²) < 4.78 is 34.6. The number of para-hydroxylation sites is 1. The number of benzene rings is 4. The van der Waals surface area contributed by atoms with Crippen molar-refractivity contribution in [3.05, 3.63) is 119 Å². The smallest absolute Gasteiger partial charge is 0.307 e. The molecule has 4 aromatic rings. The molecule has 1 aliphatic rings. The summed E-state index contributed by atoms with van der Waals surface area (Å²) in [6.45, 7) is 2.22. The average Bonchev–Trinajstić information content (AvgIpc) is 3.74. The van der Waals surface area contributed by atoms with Gasteiger partial charge in [-0.3, -0.25) is 4.79 Å². The summed E-state index contributed by atoms with van der Waals surface area (Å²) in [5.74, 6) is 0.619. The zero-order valence-electron chi connectivity index (χ0n) is 21.8.